The maximum atomic E-state index is 13.3. The van der Waals surface area contributed by atoms with Crippen molar-refractivity contribution in [2.75, 3.05) is 37.7 Å². The molecule has 34 heavy (non-hydrogen) atoms. The number of fused-ring (bicyclic) bond motifs is 1. The van der Waals surface area contributed by atoms with E-state index in [1.54, 1.807) is 11.3 Å². The first-order valence-corrected chi connectivity index (χ1v) is 12.7. The molecule has 0 atom stereocenters. The largest absolute Gasteiger partial charge is 0.494 e. The topological polar surface area (TPSA) is 45.7 Å². The summed E-state index contributed by atoms with van der Waals surface area (Å²) >= 11 is 1.69. The zero-order chi connectivity index (χ0) is 23.3. The van der Waals surface area contributed by atoms with E-state index in [-0.39, 0.29) is 11.8 Å². The van der Waals surface area contributed by atoms with Crippen molar-refractivity contribution < 1.29 is 9.53 Å². The number of rotatable bonds is 7. The number of hydrogen-bond donors (Lipinski definition) is 0. The Morgan fingerprint density at radius 1 is 0.941 bits per heavy atom. The molecular formula is C28H29N3O2S. The number of hydrogen-bond acceptors (Lipinski definition) is 5. The van der Waals surface area contributed by atoms with E-state index in [1.807, 2.05) is 60.4 Å². The number of carbonyl (C=O) groups is 1. The third-order valence-electron chi connectivity index (χ3n) is 6.35. The van der Waals surface area contributed by atoms with E-state index in [0.717, 1.165) is 47.3 Å². The molecule has 0 unspecified atom stereocenters. The zero-order valence-corrected chi connectivity index (χ0v) is 20.2. The zero-order valence-electron chi connectivity index (χ0n) is 19.4. The molecule has 6 heteroatoms. The van der Waals surface area contributed by atoms with Gasteiger partial charge < -0.3 is 14.5 Å². The fourth-order valence-corrected chi connectivity index (χ4v) is 5.58. The van der Waals surface area contributed by atoms with Gasteiger partial charge in [0.05, 0.1) is 16.8 Å². The van der Waals surface area contributed by atoms with E-state index in [9.17, 15) is 4.79 Å². The van der Waals surface area contributed by atoms with Crippen LogP contribution in [0.1, 0.15) is 30.4 Å². The minimum Gasteiger partial charge on any atom is -0.494 e. The van der Waals surface area contributed by atoms with Crippen LogP contribution >= 0.6 is 11.3 Å². The third kappa shape index (κ3) is 4.92. The monoisotopic (exact) mass is 471 g/mol. The Bertz CT molecular complexity index is 1200. The lowest BCUT2D eigenvalue weighted by Gasteiger charge is -2.35. The molecule has 0 bridgehead atoms. The fraction of sp³-hybridized carbons (Fsp3) is 0.286. The maximum absolute atomic E-state index is 13.3. The third-order valence-corrected chi connectivity index (χ3v) is 7.42. The van der Waals surface area contributed by atoms with Crippen molar-refractivity contribution in [3.05, 3.63) is 90.0 Å². The average molecular weight is 472 g/mol. The number of thiazole rings is 1. The normalized spacial score (nSPS) is 14.1. The van der Waals surface area contributed by atoms with E-state index in [0.29, 0.717) is 13.0 Å². The molecule has 0 spiro atoms. The number of carbonyl (C=O) groups excluding carboxylic acids is 1. The molecule has 1 saturated heterocycles. The quantitative estimate of drug-likeness (QED) is 0.354. The standard InChI is InChI=1S/C28H29N3O2S/c1-2-33-23-13-14-25-26(19-23)34-28(29-25)31-17-15-30(16-18-31)27(32)20-24(21-9-5-3-6-10-21)22-11-7-4-8-12-22/h3-14,19,24H,2,15-18,20H2,1H3. The van der Waals surface area contributed by atoms with Crippen LogP contribution in [0.2, 0.25) is 0 Å². The van der Waals surface area contributed by atoms with Crippen LogP contribution in [0.25, 0.3) is 10.2 Å². The SMILES string of the molecule is CCOc1ccc2nc(N3CCN(C(=O)CC(c4ccccc4)c4ccccc4)CC3)sc2c1. The summed E-state index contributed by atoms with van der Waals surface area (Å²) in [5, 5.41) is 1.02. The minimum atomic E-state index is 0.0664. The van der Waals surface area contributed by atoms with Crippen LogP contribution in [-0.2, 0) is 4.79 Å². The fourth-order valence-electron chi connectivity index (χ4n) is 4.53. The van der Waals surface area contributed by atoms with Crippen LogP contribution in [0.4, 0.5) is 5.13 Å². The first kappa shape index (κ1) is 22.4. The second-order valence-electron chi connectivity index (χ2n) is 8.50. The number of ether oxygens (including phenoxy) is 1. The molecule has 1 amide bonds. The molecule has 4 aromatic rings. The Kier molecular flexibility index (Phi) is 6.77. The van der Waals surface area contributed by atoms with Gasteiger partial charge in [-0.1, -0.05) is 72.0 Å². The highest BCUT2D eigenvalue weighted by Crippen LogP contribution is 2.33. The van der Waals surface area contributed by atoms with Crippen molar-refractivity contribution in [3.63, 3.8) is 0 Å². The Hall–Kier alpha value is -3.38. The van der Waals surface area contributed by atoms with Gasteiger partial charge in [0, 0.05) is 38.5 Å². The second-order valence-corrected chi connectivity index (χ2v) is 9.51. The Morgan fingerprint density at radius 3 is 2.21 bits per heavy atom. The van der Waals surface area contributed by atoms with Crippen LogP contribution in [0.5, 0.6) is 5.75 Å². The van der Waals surface area contributed by atoms with Gasteiger partial charge in [0.1, 0.15) is 5.75 Å². The summed E-state index contributed by atoms with van der Waals surface area (Å²) in [4.78, 5) is 22.4. The van der Waals surface area contributed by atoms with Crippen molar-refractivity contribution in [1.29, 1.82) is 0 Å². The van der Waals surface area contributed by atoms with Gasteiger partial charge in [0.2, 0.25) is 5.91 Å². The lowest BCUT2D eigenvalue weighted by Crippen LogP contribution is -2.49. The molecule has 5 nitrogen and oxygen atoms in total. The van der Waals surface area contributed by atoms with Crippen LogP contribution in [-0.4, -0.2) is 48.6 Å². The molecule has 1 aromatic heterocycles. The molecule has 174 valence electrons. The van der Waals surface area contributed by atoms with E-state index in [2.05, 4.69) is 35.2 Å². The van der Waals surface area contributed by atoms with Gasteiger partial charge in [0.15, 0.2) is 5.13 Å². The summed E-state index contributed by atoms with van der Waals surface area (Å²) in [6.07, 6.45) is 0.482. The molecule has 2 heterocycles. The number of amides is 1. The Labute approximate surface area is 204 Å². The molecule has 1 fully saturated rings. The first-order chi connectivity index (χ1) is 16.7. The molecule has 0 saturated carbocycles. The molecule has 0 radical (unpaired) electrons. The molecular weight excluding hydrogens is 442 g/mol. The second kappa shape index (κ2) is 10.3. The van der Waals surface area contributed by atoms with Gasteiger partial charge in [-0.3, -0.25) is 4.79 Å². The van der Waals surface area contributed by atoms with Crippen molar-refractivity contribution in [2.24, 2.45) is 0 Å². The lowest BCUT2D eigenvalue weighted by atomic mass is 9.88. The summed E-state index contributed by atoms with van der Waals surface area (Å²) < 4.78 is 6.76. The number of anilines is 1. The van der Waals surface area contributed by atoms with E-state index >= 15 is 0 Å². The lowest BCUT2D eigenvalue weighted by molar-refractivity contribution is -0.131. The van der Waals surface area contributed by atoms with Gasteiger partial charge in [-0.05, 0) is 36.2 Å². The van der Waals surface area contributed by atoms with Crippen LogP contribution < -0.4 is 9.64 Å². The van der Waals surface area contributed by atoms with Crippen molar-refractivity contribution >= 4 is 32.6 Å². The summed E-state index contributed by atoms with van der Waals surface area (Å²) in [6, 6.07) is 26.8. The van der Waals surface area contributed by atoms with Crippen molar-refractivity contribution in [1.82, 2.24) is 9.88 Å². The highest BCUT2D eigenvalue weighted by atomic mass is 32.1. The van der Waals surface area contributed by atoms with E-state index in [4.69, 9.17) is 9.72 Å². The van der Waals surface area contributed by atoms with Crippen molar-refractivity contribution in [2.45, 2.75) is 19.3 Å². The predicted molar refractivity (Wildman–Crippen MR) is 139 cm³/mol. The summed E-state index contributed by atoms with van der Waals surface area (Å²) in [5.74, 6) is 1.16. The molecule has 0 aliphatic carbocycles. The molecule has 1 aliphatic rings. The predicted octanol–water partition coefficient (Wildman–Crippen LogP) is 5.57. The maximum Gasteiger partial charge on any atom is 0.223 e. The van der Waals surface area contributed by atoms with Gasteiger partial charge >= 0.3 is 0 Å². The minimum absolute atomic E-state index is 0.0664. The van der Waals surface area contributed by atoms with Crippen LogP contribution in [0.15, 0.2) is 78.9 Å². The smallest absolute Gasteiger partial charge is 0.223 e. The van der Waals surface area contributed by atoms with Crippen LogP contribution in [0, 0.1) is 0 Å². The number of aromatic nitrogens is 1. The summed E-state index contributed by atoms with van der Waals surface area (Å²) in [5.41, 5.74) is 3.36. The number of benzene rings is 3. The molecule has 0 N–H and O–H groups in total. The Balaban J connectivity index is 1.25. The highest BCUT2D eigenvalue weighted by molar-refractivity contribution is 7.22. The van der Waals surface area contributed by atoms with Gasteiger partial charge in [-0.2, -0.15) is 0 Å². The molecule has 1 aliphatic heterocycles. The number of nitrogens with zero attached hydrogens (tertiary/aromatic N) is 3. The molecule has 5 rings (SSSR count). The van der Waals surface area contributed by atoms with Gasteiger partial charge in [-0.15, -0.1) is 0 Å². The molecule has 3 aromatic carbocycles. The number of piperazine rings is 1. The summed E-state index contributed by atoms with van der Waals surface area (Å²) in [7, 11) is 0. The van der Waals surface area contributed by atoms with E-state index < -0.39 is 0 Å². The average Bonchev–Trinajstić information content (AvgIpc) is 3.32. The van der Waals surface area contributed by atoms with Crippen molar-refractivity contribution in [3.8, 4) is 5.75 Å². The van der Waals surface area contributed by atoms with Gasteiger partial charge in [0.25, 0.3) is 0 Å². The van der Waals surface area contributed by atoms with E-state index in [1.165, 1.54) is 11.1 Å². The summed E-state index contributed by atoms with van der Waals surface area (Å²) in [6.45, 7) is 5.68. The van der Waals surface area contributed by atoms with Crippen LogP contribution in [0.3, 0.4) is 0 Å². The Morgan fingerprint density at radius 2 is 1.59 bits per heavy atom. The highest BCUT2D eigenvalue weighted by Gasteiger charge is 2.26. The first-order valence-electron chi connectivity index (χ1n) is 11.9. The van der Waals surface area contributed by atoms with Gasteiger partial charge in [-0.25, -0.2) is 4.98 Å².